The van der Waals surface area contributed by atoms with E-state index in [4.69, 9.17) is 0 Å². The summed E-state index contributed by atoms with van der Waals surface area (Å²) in [7, 11) is -8.24. The zero-order chi connectivity index (χ0) is 24.2. The van der Waals surface area contributed by atoms with Gasteiger partial charge >= 0.3 is 29.6 Å². The van der Waals surface area contributed by atoms with Crippen LogP contribution in [0.5, 0.6) is 0 Å². The van der Waals surface area contributed by atoms with Crippen LogP contribution in [0.25, 0.3) is 11.1 Å². The van der Waals surface area contributed by atoms with Crippen LogP contribution < -0.4 is 34.3 Å². The van der Waals surface area contributed by atoms with E-state index in [1.807, 2.05) is 19.9 Å². The van der Waals surface area contributed by atoms with Crippen molar-refractivity contribution in [3.05, 3.63) is 71.3 Å². The van der Waals surface area contributed by atoms with E-state index in [1.54, 1.807) is 42.5 Å². The first-order chi connectivity index (χ1) is 15.5. The quantitative estimate of drug-likeness (QED) is 0.230. The Kier molecular flexibility index (Phi) is 10.3. The van der Waals surface area contributed by atoms with Crippen molar-refractivity contribution in [3.8, 4) is 11.1 Å². The van der Waals surface area contributed by atoms with Gasteiger partial charge in [0.15, 0.2) is 0 Å². The Morgan fingerprint density at radius 3 is 2.15 bits per heavy atom. The molecular formula is C24H28NNaO6S2. The fourth-order valence-electron chi connectivity index (χ4n) is 3.70. The molecule has 0 radical (unpaired) electrons. The first-order valence-corrected chi connectivity index (χ1v) is 13.6. The van der Waals surface area contributed by atoms with Gasteiger partial charge in [-0.15, -0.1) is 0 Å². The molecule has 1 aromatic rings. The van der Waals surface area contributed by atoms with E-state index in [2.05, 4.69) is 4.72 Å². The molecule has 2 aliphatic rings. The summed E-state index contributed by atoms with van der Waals surface area (Å²) < 4.78 is 62.8. The smallest absolute Gasteiger partial charge is 0.744 e. The Balaban J connectivity index is 0.00000408. The fourth-order valence-corrected chi connectivity index (χ4v) is 5.51. The molecule has 0 spiro atoms. The van der Waals surface area contributed by atoms with Crippen LogP contribution in [0.1, 0.15) is 42.4 Å². The van der Waals surface area contributed by atoms with Gasteiger partial charge in [0.05, 0.1) is 9.79 Å². The van der Waals surface area contributed by atoms with Crippen molar-refractivity contribution in [1.82, 2.24) is 4.72 Å². The summed E-state index contributed by atoms with van der Waals surface area (Å²) in [6.45, 7) is 3.93. The predicted molar refractivity (Wildman–Crippen MR) is 126 cm³/mol. The molecule has 2 aliphatic carbocycles. The zero-order valence-electron chi connectivity index (χ0n) is 19.6. The largest absolute Gasteiger partial charge is 1.00 e. The van der Waals surface area contributed by atoms with Gasteiger partial charge in [0.1, 0.15) is 10.1 Å². The molecule has 1 unspecified atom stereocenters. The van der Waals surface area contributed by atoms with Gasteiger partial charge in [-0.1, -0.05) is 48.9 Å². The van der Waals surface area contributed by atoms with Crippen LogP contribution in [-0.4, -0.2) is 39.6 Å². The molecule has 1 atom stereocenters. The van der Waals surface area contributed by atoms with Gasteiger partial charge in [-0.25, -0.2) is 21.6 Å². The molecular weight excluding hydrogens is 485 g/mol. The normalized spacial score (nSPS) is 12.9. The van der Waals surface area contributed by atoms with Crippen molar-refractivity contribution in [2.75, 3.05) is 13.2 Å². The maximum absolute atomic E-state index is 12.4. The SMILES string of the molecule is Cc1ccc(S(=O)(=O)NCCCCc2cc(S(=O)(=O)[O-])c3ccc(C(C)CO)ccc2-3)cc1.[Na+]. The van der Waals surface area contributed by atoms with E-state index in [-0.39, 0.29) is 58.4 Å². The third kappa shape index (κ3) is 7.11. The van der Waals surface area contributed by atoms with E-state index >= 15 is 0 Å². The number of rotatable bonds is 10. The molecule has 178 valence electrons. The van der Waals surface area contributed by atoms with Crippen LogP contribution in [0.3, 0.4) is 0 Å². The summed E-state index contributed by atoms with van der Waals surface area (Å²) in [5.74, 6) is -0.126. The number of hydrogen-bond donors (Lipinski definition) is 2. The van der Waals surface area contributed by atoms with Crippen LogP contribution in [0, 0.1) is 6.92 Å². The number of aliphatic hydroxyl groups excluding tert-OH is 1. The van der Waals surface area contributed by atoms with Gasteiger partial charge in [0.25, 0.3) is 0 Å². The second kappa shape index (κ2) is 12.1. The molecule has 0 fully saturated rings. The van der Waals surface area contributed by atoms with E-state index in [1.165, 1.54) is 6.07 Å². The summed E-state index contributed by atoms with van der Waals surface area (Å²) in [6.07, 6.45) is 1.64. The second-order valence-electron chi connectivity index (χ2n) is 8.23. The molecule has 0 heterocycles. The Labute approximate surface area is 224 Å². The van der Waals surface area contributed by atoms with Crippen molar-refractivity contribution in [2.24, 2.45) is 0 Å². The zero-order valence-corrected chi connectivity index (χ0v) is 23.2. The average molecular weight is 514 g/mol. The first-order valence-electron chi connectivity index (χ1n) is 10.7. The third-order valence-electron chi connectivity index (χ3n) is 5.70. The minimum Gasteiger partial charge on any atom is -0.744 e. The van der Waals surface area contributed by atoms with Gasteiger partial charge in [0, 0.05) is 19.1 Å². The maximum atomic E-state index is 12.4. The Bertz CT molecular complexity index is 1290. The third-order valence-corrected chi connectivity index (χ3v) is 8.05. The monoisotopic (exact) mass is 513 g/mol. The molecule has 0 amide bonds. The van der Waals surface area contributed by atoms with Gasteiger partial charge in [-0.2, -0.15) is 0 Å². The molecule has 0 saturated heterocycles. The summed E-state index contributed by atoms with van der Waals surface area (Å²) >= 11 is 0. The van der Waals surface area contributed by atoms with Gasteiger partial charge < -0.3 is 9.66 Å². The van der Waals surface area contributed by atoms with Crippen molar-refractivity contribution < 1.29 is 56.1 Å². The number of benzene rings is 1. The summed E-state index contributed by atoms with van der Waals surface area (Å²) in [4.78, 5) is -0.0489. The Hall–Kier alpha value is -1.30. The second-order valence-corrected chi connectivity index (χ2v) is 11.3. The number of aliphatic hydroxyl groups is 1. The summed E-state index contributed by atoms with van der Waals surface area (Å²) in [6, 6.07) is 15.0. The average Bonchev–Trinajstić information content (AvgIpc) is 2.96. The van der Waals surface area contributed by atoms with Crippen LogP contribution in [0.15, 0.2) is 64.4 Å². The number of hydrogen-bond acceptors (Lipinski definition) is 6. The van der Waals surface area contributed by atoms with Crippen LogP contribution >= 0.6 is 0 Å². The molecule has 0 saturated carbocycles. The topological polar surface area (TPSA) is 124 Å². The van der Waals surface area contributed by atoms with Crippen molar-refractivity contribution in [1.29, 1.82) is 0 Å². The Morgan fingerprint density at radius 1 is 0.941 bits per heavy atom. The minimum atomic E-state index is -4.66. The minimum absolute atomic E-state index is 0. The molecule has 7 nitrogen and oxygen atoms in total. The number of unbranched alkanes of at least 4 members (excludes halogenated alkanes) is 1. The number of fused-ring (bicyclic) bond motifs is 1. The van der Waals surface area contributed by atoms with Crippen LogP contribution in [0.4, 0.5) is 0 Å². The van der Waals surface area contributed by atoms with Crippen LogP contribution in [0.2, 0.25) is 0 Å². The molecule has 3 rings (SSSR count). The number of nitrogens with one attached hydrogen (secondary N) is 1. The molecule has 2 N–H and O–H groups in total. The van der Waals surface area contributed by atoms with Gasteiger partial charge in [-0.05, 0) is 66.6 Å². The van der Waals surface area contributed by atoms with Crippen molar-refractivity contribution in [3.63, 3.8) is 0 Å². The van der Waals surface area contributed by atoms with E-state index < -0.39 is 20.1 Å². The fraction of sp³-hybridized carbons (Fsp3) is 0.333. The maximum Gasteiger partial charge on any atom is 1.00 e. The molecule has 0 aliphatic heterocycles. The van der Waals surface area contributed by atoms with Crippen molar-refractivity contribution >= 4 is 20.1 Å². The number of sulfonamides is 1. The molecule has 0 bridgehead atoms. The van der Waals surface area contributed by atoms with E-state index in [0.717, 1.165) is 16.7 Å². The predicted octanol–water partition coefficient (Wildman–Crippen LogP) is 0.405. The standard InChI is InChI=1S/C24H29NO6S2.Na/c1-17-6-10-21(11-7-17)32(27,28)25-14-4-3-5-20-15-24(33(29,30)31)23-13-9-19(18(2)16-26)8-12-22(20)23;/h6-13,15,18,25-26H,3-5,14,16H2,1-2H3,(H,29,30,31);/q;+1/p-1. The van der Waals surface area contributed by atoms with Crippen molar-refractivity contribution in [2.45, 2.75) is 48.8 Å². The molecule has 10 heteroatoms. The molecule has 34 heavy (non-hydrogen) atoms. The van der Waals surface area contributed by atoms with Crippen LogP contribution in [-0.2, 0) is 26.6 Å². The van der Waals surface area contributed by atoms with Gasteiger partial charge in [0.2, 0.25) is 10.0 Å². The van der Waals surface area contributed by atoms with Gasteiger partial charge in [-0.3, -0.25) is 0 Å². The number of aryl methyl sites for hydroxylation is 2. The summed E-state index contributed by atoms with van der Waals surface area (Å²) in [5, 5.41) is 9.41. The Morgan fingerprint density at radius 2 is 1.56 bits per heavy atom. The first kappa shape index (κ1) is 28.9. The summed E-state index contributed by atoms with van der Waals surface area (Å²) in [5.41, 5.74) is 3.55. The molecule has 0 aromatic heterocycles. The van der Waals surface area contributed by atoms with E-state index in [9.17, 15) is 26.5 Å². The molecule has 1 aromatic carbocycles. The van der Waals surface area contributed by atoms with E-state index in [0.29, 0.717) is 30.4 Å².